The minimum absolute atomic E-state index is 0.504. The summed E-state index contributed by atoms with van der Waals surface area (Å²) < 4.78 is 0. The van der Waals surface area contributed by atoms with Gasteiger partial charge in [0.1, 0.15) is 17.5 Å². The topological polar surface area (TPSA) is 49.8 Å². The molecule has 0 aliphatic heterocycles. The van der Waals surface area contributed by atoms with E-state index >= 15 is 0 Å². The van der Waals surface area contributed by atoms with Crippen LogP contribution in [0, 0.1) is 6.92 Å². The van der Waals surface area contributed by atoms with Crippen molar-refractivity contribution >= 4 is 11.6 Å². The maximum Gasteiger partial charge on any atom is 0.132 e. The van der Waals surface area contributed by atoms with E-state index in [4.69, 9.17) is 0 Å². The zero-order valence-electron chi connectivity index (χ0n) is 10.7. The standard InChI is InChI=1S/C12H22N4/c1-5-7-10(6-2)16-12-8-11(13-4)14-9(3)15-12/h8,10H,5-7H2,1-4H3,(H2,13,14,15,16). The third-order valence-corrected chi connectivity index (χ3v) is 2.58. The fraction of sp³-hybridized carbons (Fsp3) is 0.667. The van der Waals surface area contributed by atoms with Crippen molar-refractivity contribution < 1.29 is 0 Å². The Morgan fingerprint density at radius 3 is 2.50 bits per heavy atom. The van der Waals surface area contributed by atoms with E-state index in [0.29, 0.717) is 6.04 Å². The van der Waals surface area contributed by atoms with Gasteiger partial charge in [-0.3, -0.25) is 0 Å². The first kappa shape index (κ1) is 12.7. The van der Waals surface area contributed by atoms with Crippen molar-refractivity contribution in [1.82, 2.24) is 9.97 Å². The van der Waals surface area contributed by atoms with Gasteiger partial charge in [-0.05, 0) is 19.8 Å². The lowest BCUT2D eigenvalue weighted by molar-refractivity contribution is 0.620. The van der Waals surface area contributed by atoms with Crippen molar-refractivity contribution in [3.8, 4) is 0 Å². The maximum atomic E-state index is 4.39. The van der Waals surface area contributed by atoms with Gasteiger partial charge in [-0.25, -0.2) is 9.97 Å². The molecule has 1 heterocycles. The number of nitrogens with zero attached hydrogens (tertiary/aromatic N) is 2. The number of nitrogens with one attached hydrogen (secondary N) is 2. The van der Waals surface area contributed by atoms with Gasteiger partial charge in [0.25, 0.3) is 0 Å². The molecule has 16 heavy (non-hydrogen) atoms. The number of hydrogen-bond donors (Lipinski definition) is 2. The van der Waals surface area contributed by atoms with Crippen LogP contribution in [0.4, 0.5) is 11.6 Å². The molecule has 4 nitrogen and oxygen atoms in total. The number of anilines is 2. The second kappa shape index (κ2) is 6.30. The number of aromatic nitrogens is 2. The van der Waals surface area contributed by atoms with Gasteiger partial charge < -0.3 is 10.6 Å². The highest BCUT2D eigenvalue weighted by Crippen LogP contribution is 2.14. The molecule has 0 radical (unpaired) electrons. The molecular formula is C12H22N4. The first-order chi connectivity index (χ1) is 7.69. The average Bonchev–Trinajstić information content (AvgIpc) is 2.27. The lowest BCUT2D eigenvalue weighted by Gasteiger charge is -2.17. The van der Waals surface area contributed by atoms with E-state index in [1.807, 2.05) is 20.0 Å². The zero-order valence-corrected chi connectivity index (χ0v) is 10.7. The summed E-state index contributed by atoms with van der Waals surface area (Å²) in [7, 11) is 1.87. The Bertz CT molecular complexity index is 325. The minimum Gasteiger partial charge on any atom is -0.373 e. The molecule has 0 saturated heterocycles. The molecule has 0 fully saturated rings. The Balaban J connectivity index is 2.74. The maximum absolute atomic E-state index is 4.39. The van der Waals surface area contributed by atoms with Crippen LogP contribution in [0.15, 0.2) is 6.07 Å². The molecule has 1 rings (SSSR count). The van der Waals surface area contributed by atoms with Gasteiger partial charge in [-0.2, -0.15) is 0 Å². The van der Waals surface area contributed by atoms with Gasteiger partial charge in [0.05, 0.1) is 0 Å². The van der Waals surface area contributed by atoms with Gasteiger partial charge in [-0.15, -0.1) is 0 Å². The Morgan fingerprint density at radius 1 is 1.25 bits per heavy atom. The molecule has 1 aromatic rings. The molecule has 0 saturated carbocycles. The molecule has 4 heteroatoms. The fourth-order valence-electron chi connectivity index (χ4n) is 1.71. The zero-order chi connectivity index (χ0) is 12.0. The van der Waals surface area contributed by atoms with Crippen LogP contribution in [-0.2, 0) is 0 Å². The van der Waals surface area contributed by atoms with Crippen molar-refractivity contribution in [2.45, 2.75) is 46.1 Å². The molecule has 0 amide bonds. The third-order valence-electron chi connectivity index (χ3n) is 2.58. The highest BCUT2D eigenvalue weighted by molar-refractivity contribution is 5.47. The van der Waals surface area contributed by atoms with Crippen LogP contribution in [0.5, 0.6) is 0 Å². The van der Waals surface area contributed by atoms with Crippen LogP contribution >= 0.6 is 0 Å². The molecule has 1 unspecified atom stereocenters. The lowest BCUT2D eigenvalue weighted by Crippen LogP contribution is -2.19. The SMILES string of the molecule is CCCC(CC)Nc1cc(NC)nc(C)n1. The number of aryl methyl sites for hydroxylation is 1. The molecule has 0 aromatic carbocycles. The van der Waals surface area contributed by atoms with Crippen LogP contribution < -0.4 is 10.6 Å². The molecule has 0 spiro atoms. The van der Waals surface area contributed by atoms with Crippen molar-refractivity contribution in [2.24, 2.45) is 0 Å². The summed E-state index contributed by atoms with van der Waals surface area (Å²) >= 11 is 0. The largest absolute Gasteiger partial charge is 0.373 e. The van der Waals surface area contributed by atoms with Crippen LogP contribution in [0.3, 0.4) is 0 Å². The van der Waals surface area contributed by atoms with E-state index in [9.17, 15) is 0 Å². The second-order valence-corrected chi connectivity index (χ2v) is 3.97. The molecule has 1 aromatic heterocycles. The summed E-state index contributed by atoms with van der Waals surface area (Å²) in [5.41, 5.74) is 0. The molecule has 0 aliphatic rings. The van der Waals surface area contributed by atoms with E-state index in [0.717, 1.165) is 23.9 Å². The third kappa shape index (κ3) is 3.68. The molecule has 90 valence electrons. The fourth-order valence-corrected chi connectivity index (χ4v) is 1.71. The summed E-state index contributed by atoms with van der Waals surface area (Å²) in [5, 5.41) is 6.49. The smallest absolute Gasteiger partial charge is 0.132 e. The highest BCUT2D eigenvalue weighted by Gasteiger charge is 2.07. The van der Waals surface area contributed by atoms with E-state index in [-0.39, 0.29) is 0 Å². The molecular weight excluding hydrogens is 200 g/mol. The molecule has 0 bridgehead atoms. The number of rotatable bonds is 6. The summed E-state index contributed by atoms with van der Waals surface area (Å²) in [6, 6.07) is 2.45. The van der Waals surface area contributed by atoms with Crippen molar-refractivity contribution in [3.05, 3.63) is 11.9 Å². The van der Waals surface area contributed by atoms with Crippen molar-refractivity contribution in [2.75, 3.05) is 17.7 Å². The minimum atomic E-state index is 0.504. The predicted octanol–water partition coefficient (Wildman–Crippen LogP) is 2.82. The van der Waals surface area contributed by atoms with E-state index in [1.54, 1.807) is 0 Å². The summed E-state index contributed by atoms with van der Waals surface area (Å²) in [6.45, 7) is 6.31. The quantitative estimate of drug-likeness (QED) is 0.777. The lowest BCUT2D eigenvalue weighted by atomic mass is 10.1. The predicted molar refractivity (Wildman–Crippen MR) is 68.9 cm³/mol. The van der Waals surface area contributed by atoms with Gasteiger partial charge in [0.2, 0.25) is 0 Å². The monoisotopic (exact) mass is 222 g/mol. The van der Waals surface area contributed by atoms with Gasteiger partial charge in [0, 0.05) is 19.2 Å². The van der Waals surface area contributed by atoms with Crippen LogP contribution in [0.1, 0.15) is 38.9 Å². The van der Waals surface area contributed by atoms with E-state index in [2.05, 4.69) is 34.4 Å². The van der Waals surface area contributed by atoms with Gasteiger partial charge in [0.15, 0.2) is 0 Å². The molecule has 1 atom stereocenters. The van der Waals surface area contributed by atoms with Crippen LogP contribution in [0.2, 0.25) is 0 Å². The van der Waals surface area contributed by atoms with E-state index in [1.165, 1.54) is 12.8 Å². The number of hydrogen-bond acceptors (Lipinski definition) is 4. The first-order valence-corrected chi connectivity index (χ1v) is 5.99. The van der Waals surface area contributed by atoms with Gasteiger partial charge in [-0.1, -0.05) is 20.3 Å². The average molecular weight is 222 g/mol. The van der Waals surface area contributed by atoms with Crippen LogP contribution in [0.25, 0.3) is 0 Å². The van der Waals surface area contributed by atoms with E-state index < -0.39 is 0 Å². The Morgan fingerprint density at radius 2 is 1.94 bits per heavy atom. The Kier molecular flexibility index (Phi) is 5.02. The van der Waals surface area contributed by atoms with Crippen molar-refractivity contribution in [3.63, 3.8) is 0 Å². The summed E-state index contributed by atoms with van der Waals surface area (Å²) in [5.74, 6) is 2.57. The van der Waals surface area contributed by atoms with Crippen molar-refractivity contribution in [1.29, 1.82) is 0 Å². The highest BCUT2D eigenvalue weighted by atomic mass is 15.1. The Hall–Kier alpha value is -1.32. The van der Waals surface area contributed by atoms with Crippen LogP contribution in [-0.4, -0.2) is 23.1 Å². The van der Waals surface area contributed by atoms with Gasteiger partial charge >= 0.3 is 0 Å². The Labute approximate surface area is 97.9 Å². The normalized spacial score (nSPS) is 12.2. The first-order valence-electron chi connectivity index (χ1n) is 5.99. The molecule has 2 N–H and O–H groups in total. The summed E-state index contributed by atoms with van der Waals surface area (Å²) in [4.78, 5) is 8.66. The molecule has 0 aliphatic carbocycles. The second-order valence-electron chi connectivity index (χ2n) is 3.97. The summed E-state index contributed by atoms with van der Waals surface area (Å²) in [6.07, 6.45) is 3.48.